The van der Waals surface area contributed by atoms with Gasteiger partial charge in [-0.2, -0.15) is 13.7 Å². The van der Waals surface area contributed by atoms with Crippen LogP contribution in [0.25, 0.3) is 0 Å². The standard InChI is InChI=1S/C8H7N3O6/c1-4(13)10-6(15)9(3-12)7(16)11(5(2)14)8(10)17/h3H,1-2H3. The number of hydrogen-bond donors (Lipinski definition) is 0. The summed E-state index contributed by atoms with van der Waals surface area (Å²) in [4.78, 5) is 66.9. The van der Waals surface area contributed by atoms with Crippen molar-refractivity contribution in [2.75, 3.05) is 0 Å². The van der Waals surface area contributed by atoms with Crippen molar-refractivity contribution >= 4 is 18.2 Å². The summed E-state index contributed by atoms with van der Waals surface area (Å²) in [7, 11) is 0. The largest absolute Gasteiger partial charge is 0.350 e. The van der Waals surface area contributed by atoms with Gasteiger partial charge in [-0.1, -0.05) is 0 Å². The van der Waals surface area contributed by atoms with Crippen molar-refractivity contribution < 1.29 is 14.4 Å². The van der Waals surface area contributed by atoms with Gasteiger partial charge in [0, 0.05) is 13.8 Å². The van der Waals surface area contributed by atoms with Crippen LogP contribution in [0.3, 0.4) is 0 Å². The molecule has 0 amide bonds. The minimum absolute atomic E-state index is 0.0250. The van der Waals surface area contributed by atoms with Gasteiger partial charge < -0.3 is 0 Å². The van der Waals surface area contributed by atoms with E-state index < -0.39 is 28.9 Å². The molecule has 1 aromatic rings. The van der Waals surface area contributed by atoms with E-state index in [1.165, 1.54) is 0 Å². The van der Waals surface area contributed by atoms with Gasteiger partial charge in [0.1, 0.15) is 0 Å². The SMILES string of the molecule is CC(=O)n1c(=O)n(C=O)c(=O)n(C(C)=O)c1=O. The van der Waals surface area contributed by atoms with E-state index in [0.29, 0.717) is 0 Å². The lowest BCUT2D eigenvalue weighted by Crippen LogP contribution is -2.57. The summed E-state index contributed by atoms with van der Waals surface area (Å²) in [5.74, 6) is -2.02. The predicted molar refractivity (Wildman–Crippen MR) is 54.0 cm³/mol. The number of nitrogens with zero attached hydrogens (tertiary/aromatic N) is 3. The van der Waals surface area contributed by atoms with Gasteiger partial charge in [0.15, 0.2) is 0 Å². The molecule has 90 valence electrons. The van der Waals surface area contributed by atoms with E-state index in [2.05, 4.69) is 0 Å². The molecule has 0 N–H and O–H groups in total. The van der Waals surface area contributed by atoms with Gasteiger partial charge in [0.05, 0.1) is 0 Å². The molecule has 0 spiro atoms. The molecule has 0 aromatic carbocycles. The molecule has 0 unspecified atom stereocenters. The Morgan fingerprint density at radius 3 is 1.47 bits per heavy atom. The van der Waals surface area contributed by atoms with Crippen molar-refractivity contribution in [2.45, 2.75) is 13.8 Å². The minimum atomic E-state index is -1.40. The highest BCUT2D eigenvalue weighted by molar-refractivity contribution is 5.78. The summed E-state index contributed by atoms with van der Waals surface area (Å²) in [6.07, 6.45) is -0.178. The highest BCUT2D eigenvalue weighted by Gasteiger charge is 2.19. The van der Waals surface area contributed by atoms with Crippen LogP contribution in [-0.2, 0) is 4.79 Å². The van der Waals surface area contributed by atoms with Crippen molar-refractivity contribution in [3.05, 3.63) is 31.5 Å². The summed E-state index contributed by atoms with van der Waals surface area (Å²) in [6, 6.07) is 0. The van der Waals surface area contributed by atoms with Gasteiger partial charge in [-0.15, -0.1) is 0 Å². The van der Waals surface area contributed by atoms with Crippen LogP contribution in [0.2, 0.25) is 0 Å². The molecule has 1 heterocycles. The van der Waals surface area contributed by atoms with Crippen LogP contribution >= 0.6 is 0 Å². The van der Waals surface area contributed by atoms with Gasteiger partial charge in [0.25, 0.3) is 0 Å². The van der Waals surface area contributed by atoms with Crippen LogP contribution in [0.4, 0.5) is 0 Å². The smallest absolute Gasteiger partial charge is 0.278 e. The summed E-state index contributed by atoms with van der Waals surface area (Å²) in [6.45, 7) is 1.76. The van der Waals surface area contributed by atoms with E-state index in [4.69, 9.17) is 0 Å². The predicted octanol–water partition coefficient (Wildman–Crippen LogP) is -2.47. The van der Waals surface area contributed by atoms with E-state index in [1.807, 2.05) is 0 Å². The number of carbonyl (C=O) groups is 3. The molecule has 0 fully saturated rings. The molecule has 0 aliphatic heterocycles. The Labute approximate surface area is 92.5 Å². The molecule has 17 heavy (non-hydrogen) atoms. The molecule has 0 radical (unpaired) electrons. The number of aromatic nitrogens is 3. The highest BCUT2D eigenvalue weighted by Crippen LogP contribution is 1.74. The molecule has 0 atom stereocenters. The van der Waals surface area contributed by atoms with Crippen molar-refractivity contribution in [3.63, 3.8) is 0 Å². The Morgan fingerprint density at radius 2 is 1.24 bits per heavy atom. The fourth-order valence-electron chi connectivity index (χ4n) is 1.19. The second kappa shape index (κ2) is 4.12. The topological polar surface area (TPSA) is 117 Å². The number of hydrogen-bond acceptors (Lipinski definition) is 6. The zero-order valence-corrected chi connectivity index (χ0v) is 8.87. The van der Waals surface area contributed by atoms with Gasteiger partial charge in [-0.25, -0.2) is 14.4 Å². The Hall–Kier alpha value is -2.58. The normalized spacial score (nSPS) is 10.0. The Bertz CT molecular complexity index is 636. The fourth-order valence-corrected chi connectivity index (χ4v) is 1.19. The van der Waals surface area contributed by atoms with Crippen molar-refractivity contribution in [1.29, 1.82) is 0 Å². The van der Waals surface area contributed by atoms with Crippen molar-refractivity contribution in [3.8, 4) is 0 Å². The van der Waals surface area contributed by atoms with Crippen molar-refractivity contribution in [2.24, 2.45) is 0 Å². The molecule has 9 heteroatoms. The summed E-state index contributed by atoms with van der Waals surface area (Å²) in [5.41, 5.74) is -4.20. The molecule has 1 rings (SSSR count). The lowest BCUT2D eigenvalue weighted by molar-refractivity contribution is 0.0898. The molecule has 0 saturated heterocycles. The van der Waals surface area contributed by atoms with Crippen LogP contribution in [0.1, 0.15) is 23.4 Å². The number of carbonyl (C=O) groups excluding carboxylic acids is 3. The Kier molecular flexibility index (Phi) is 3.03. The third-order valence-electron chi connectivity index (χ3n) is 1.91. The summed E-state index contributed by atoms with van der Waals surface area (Å²) < 4.78 is 0.0125. The van der Waals surface area contributed by atoms with E-state index in [9.17, 15) is 28.8 Å². The van der Waals surface area contributed by atoms with Gasteiger partial charge in [-0.3, -0.25) is 14.4 Å². The first-order valence-corrected chi connectivity index (χ1v) is 4.30. The molecule has 1 aromatic heterocycles. The van der Waals surface area contributed by atoms with E-state index in [0.717, 1.165) is 13.8 Å². The molecule has 0 aliphatic carbocycles. The first kappa shape index (κ1) is 12.5. The molecule has 0 bridgehead atoms. The first-order valence-electron chi connectivity index (χ1n) is 4.30. The van der Waals surface area contributed by atoms with Crippen LogP contribution < -0.4 is 17.1 Å². The van der Waals surface area contributed by atoms with Crippen LogP contribution in [0, 0.1) is 0 Å². The second-order valence-electron chi connectivity index (χ2n) is 3.03. The third-order valence-corrected chi connectivity index (χ3v) is 1.91. The third kappa shape index (κ3) is 1.77. The molecule has 0 saturated carbocycles. The van der Waals surface area contributed by atoms with Crippen LogP contribution in [0.5, 0.6) is 0 Å². The van der Waals surface area contributed by atoms with E-state index in [-0.39, 0.29) is 20.1 Å². The molecule has 0 aliphatic rings. The lowest BCUT2D eigenvalue weighted by atomic mass is 10.6. The zero-order chi connectivity index (χ0) is 13.3. The van der Waals surface area contributed by atoms with Gasteiger partial charge in [-0.05, 0) is 0 Å². The maximum atomic E-state index is 11.5. The zero-order valence-electron chi connectivity index (χ0n) is 8.87. The maximum Gasteiger partial charge on any atom is 0.350 e. The molecule has 9 nitrogen and oxygen atoms in total. The summed E-state index contributed by atoms with van der Waals surface area (Å²) >= 11 is 0. The van der Waals surface area contributed by atoms with Crippen LogP contribution in [0.15, 0.2) is 14.4 Å². The monoisotopic (exact) mass is 241 g/mol. The van der Waals surface area contributed by atoms with E-state index in [1.54, 1.807) is 0 Å². The molecular formula is C8H7N3O6. The average molecular weight is 241 g/mol. The first-order chi connectivity index (χ1) is 7.82. The second-order valence-corrected chi connectivity index (χ2v) is 3.03. The fraction of sp³-hybridized carbons (Fsp3) is 0.250. The highest BCUT2D eigenvalue weighted by atomic mass is 16.2. The average Bonchev–Trinajstić information content (AvgIpc) is 2.16. The van der Waals surface area contributed by atoms with Gasteiger partial charge in [0.2, 0.25) is 18.2 Å². The minimum Gasteiger partial charge on any atom is -0.278 e. The van der Waals surface area contributed by atoms with Gasteiger partial charge >= 0.3 is 17.1 Å². The van der Waals surface area contributed by atoms with E-state index >= 15 is 0 Å². The maximum absolute atomic E-state index is 11.5. The van der Waals surface area contributed by atoms with Crippen LogP contribution in [-0.4, -0.2) is 31.9 Å². The quantitative estimate of drug-likeness (QED) is 0.503. The molecular weight excluding hydrogens is 234 g/mol. The lowest BCUT2D eigenvalue weighted by Gasteiger charge is -2.05. The Balaban J connectivity index is 4.12. The number of rotatable bonds is 1. The Morgan fingerprint density at radius 1 is 0.882 bits per heavy atom. The summed E-state index contributed by atoms with van der Waals surface area (Å²) in [5, 5.41) is 0. The van der Waals surface area contributed by atoms with Crippen molar-refractivity contribution in [1.82, 2.24) is 13.7 Å².